The lowest BCUT2D eigenvalue weighted by Crippen LogP contribution is -2.18. The summed E-state index contributed by atoms with van der Waals surface area (Å²) in [5, 5.41) is 0. The summed E-state index contributed by atoms with van der Waals surface area (Å²) in [4.78, 5) is 18.1. The zero-order chi connectivity index (χ0) is 18.8. The molecule has 0 atom stereocenters. The van der Waals surface area contributed by atoms with E-state index < -0.39 is 0 Å². The molecule has 0 unspecified atom stereocenters. The normalized spacial score (nSPS) is 10.7. The fourth-order valence-electron chi connectivity index (χ4n) is 3.15. The van der Waals surface area contributed by atoms with Crippen LogP contribution < -0.4 is 15.0 Å². The molecular weight excluding hydrogens is 340 g/mol. The van der Waals surface area contributed by atoms with Gasteiger partial charge in [-0.1, -0.05) is 42.5 Å². The molecule has 2 heterocycles. The minimum atomic E-state index is -0.133. The van der Waals surface area contributed by atoms with Crippen LogP contribution in [0.1, 0.15) is 0 Å². The third kappa shape index (κ3) is 2.93. The molecule has 0 aliphatic carbocycles. The van der Waals surface area contributed by atoms with Crippen molar-refractivity contribution in [3.63, 3.8) is 0 Å². The molecule has 4 aromatic rings. The highest BCUT2D eigenvalue weighted by molar-refractivity contribution is 5.82. The van der Waals surface area contributed by atoms with Gasteiger partial charge in [-0.25, -0.2) is 4.98 Å². The van der Waals surface area contributed by atoms with Crippen LogP contribution in [-0.2, 0) is 0 Å². The molecule has 0 aliphatic heterocycles. The molecule has 5 nitrogen and oxygen atoms in total. The fraction of sp³-hybridized carbons (Fsp3) is 0.0909. The lowest BCUT2D eigenvalue weighted by Gasteiger charge is -2.13. The highest BCUT2D eigenvalue weighted by Crippen LogP contribution is 2.34. The Morgan fingerprint density at radius 1 is 0.815 bits per heavy atom. The Morgan fingerprint density at radius 2 is 1.56 bits per heavy atom. The van der Waals surface area contributed by atoms with E-state index in [2.05, 4.69) is 0 Å². The van der Waals surface area contributed by atoms with E-state index >= 15 is 0 Å². The molecule has 2 aromatic carbocycles. The summed E-state index contributed by atoms with van der Waals surface area (Å²) in [6, 6.07) is 20.7. The van der Waals surface area contributed by atoms with Gasteiger partial charge in [-0.15, -0.1) is 0 Å². The van der Waals surface area contributed by atoms with Gasteiger partial charge < -0.3 is 9.47 Å². The molecule has 134 valence electrons. The summed E-state index contributed by atoms with van der Waals surface area (Å²) in [5.41, 5.74) is 3.23. The van der Waals surface area contributed by atoms with Crippen molar-refractivity contribution in [3.05, 3.63) is 83.3 Å². The highest BCUT2D eigenvalue weighted by Gasteiger charge is 2.18. The second-order valence-electron chi connectivity index (χ2n) is 6.01. The Morgan fingerprint density at radius 3 is 2.30 bits per heavy atom. The van der Waals surface area contributed by atoms with Crippen molar-refractivity contribution in [3.8, 4) is 33.9 Å². The summed E-state index contributed by atoms with van der Waals surface area (Å²) in [5.74, 6) is 1.17. The van der Waals surface area contributed by atoms with E-state index in [-0.39, 0.29) is 5.56 Å². The van der Waals surface area contributed by atoms with Crippen LogP contribution in [0.4, 0.5) is 0 Å². The summed E-state index contributed by atoms with van der Waals surface area (Å²) in [6.07, 6.45) is 1.73. The standard InChI is InChI=1S/C22H18N2O3/c1-26-17-12-11-16(14-18(17)27-2)20-21(15-8-4-3-5-9-15)23-19-10-6-7-13-24(19)22(20)25/h3-14H,1-2H3. The van der Waals surface area contributed by atoms with Crippen LogP contribution >= 0.6 is 0 Å². The van der Waals surface area contributed by atoms with Gasteiger partial charge in [0.1, 0.15) is 5.65 Å². The summed E-state index contributed by atoms with van der Waals surface area (Å²) < 4.78 is 12.3. The third-order valence-corrected chi connectivity index (χ3v) is 4.45. The number of aromatic nitrogens is 2. The van der Waals surface area contributed by atoms with Crippen LogP contribution in [0.5, 0.6) is 11.5 Å². The average Bonchev–Trinajstić information content (AvgIpc) is 2.74. The SMILES string of the molecule is COc1ccc(-c2c(-c3ccccc3)nc3ccccn3c2=O)cc1OC. The Balaban J connectivity index is 2.07. The molecule has 0 fully saturated rings. The van der Waals surface area contributed by atoms with Gasteiger partial charge in [0.15, 0.2) is 11.5 Å². The zero-order valence-corrected chi connectivity index (χ0v) is 15.0. The number of methoxy groups -OCH3 is 2. The molecule has 0 amide bonds. The van der Waals surface area contributed by atoms with Crippen LogP contribution in [0.25, 0.3) is 28.0 Å². The van der Waals surface area contributed by atoms with Gasteiger partial charge >= 0.3 is 0 Å². The van der Waals surface area contributed by atoms with Crippen molar-refractivity contribution in [1.29, 1.82) is 0 Å². The van der Waals surface area contributed by atoms with Gasteiger partial charge in [0, 0.05) is 11.8 Å². The molecule has 0 aliphatic rings. The molecule has 0 saturated carbocycles. The smallest absolute Gasteiger partial charge is 0.266 e. The molecule has 0 bridgehead atoms. The second kappa shape index (κ2) is 6.96. The van der Waals surface area contributed by atoms with E-state index in [0.29, 0.717) is 28.4 Å². The van der Waals surface area contributed by atoms with E-state index in [9.17, 15) is 4.79 Å². The molecule has 27 heavy (non-hydrogen) atoms. The van der Waals surface area contributed by atoms with Crippen LogP contribution in [0, 0.1) is 0 Å². The first-order valence-electron chi connectivity index (χ1n) is 8.52. The van der Waals surface area contributed by atoms with E-state index in [0.717, 1.165) is 11.1 Å². The number of hydrogen-bond acceptors (Lipinski definition) is 4. The number of nitrogens with zero attached hydrogens (tertiary/aromatic N) is 2. The van der Waals surface area contributed by atoms with Crippen molar-refractivity contribution in [2.75, 3.05) is 14.2 Å². The van der Waals surface area contributed by atoms with Gasteiger partial charge in [0.05, 0.1) is 25.5 Å². The summed E-state index contributed by atoms with van der Waals surface area (Å²) in [6.45, 7) is 0. The minimum absolute atomic E-state index is 0.133. The summed E-state index contributed by atoms with van der Waals surface area (Å²) >= 11 is 0. The van der Waals surface area contributed by atoms with Gasteiger partial charge in [-0.2, -0.15) is 0 Å². The predicted octanol–water partition coefficient (Wildman–Crippen LogP) is 4.05. The van der Waals surface area contributed by atoms with Crippen molar-refractivity contribution in [2.45, 2.75) is 0 Å². The predicted molar refractivity (Wildman–Crippen MR) is 105 cm³/mol. The number of ether oxygens (including phenoxy) is 2. The Labute approximate surface area is 156 Å². The Hall–Kier alpha value is -3.60. The van der Waals surface area contributed by atoms with Gasteiger partial charge in [0.2, 0.25) is 0 Å². The maximum atomic E-state index is 13.3. The largest absolute Gasteiger partial charge is 0.493 e. The van der Waals surface area contributed by atoms with Crippen LogP contribution in [0.2, 0.25) is 0 Å². The van der Waals surface area contributed by atoms with E-state index in [1.165, 1.54) is 0 Å². The van der Waals surface area contributed by atoms with Gasteiger partial charge in [-0.3, -0.25) is 9.20 Å². The highest BCUT2D eigenvalue weighted by atomic mass is 16.5. The molecular formula is C22H18N2O3. The fourth-order valence-corrected chi connectivity index (χ4v) is 3.15. The van der Waals surface area contributed by atoms with Gasteiger partial charge in [0.25, 0.3) is 5.56 Å². The molecule has 4 rings (SSSR count). The first-order chi connectivity index (χ1) is 13.2. The van der Waals surface area contributed by atoms with Crippen molar-refractivity contribution in [1.82, 2.24) is 9.38 Å². The van der Waals surface area contributed by atoms with Crippen LogP contribution in [0.3, 0.4) is 0 Å². The summed E-state index contributed by atoms with van der Waals surface area (Å²) in [7, 11) is 3.16. The number of fused-ring (bicyclic) bond motifs is 1. The van der Waals surface area contributed by atoms with E-state index in [1.807, 2.05) is 54.6 Å². The van der Waals surface area contributed by atoms with Crippen LogP contribution in [0.15, 0.2) is 77.7 Å². The number of pyridine rings is 1. The molecule has 2 aromatic heterocycles. The van der Waals surface area contributed by atoms with Crippen molar-refractivity contribution >= 4 is 5.65 Å². The number of hydrogen-bond donors (Lipinski definition) is 0. The molecule has 0 saturated heterocycles. The molecule has 0 N–H and O–H groups in total. The third-order valence-electron chi connectivity index (χ3n) is 4.45. The molecule has 0 spiro atoms. The average molecular weight is 358 g/mol. The topological polar surface area (TPSA) is 52.8 Å². The number of benzene rings is 2. The zero-order valence-electron chi connectivity index (χ0n) is 15.0. The van der Waals surface area contributed by atoms with Crippen molar-refractivity contribution in [2.24, 2.45) is 0 Å². The Kier molecular flexibility index (Phi) is 4.34. The van der Waals surface area contributed by atoms with E-state index in [4.69, 9.17) is 14.5 Å². The van der Waals surface area contributed by atoms with E-state index in [1.54, 1.807) is 36.9 Å². The maximum absolute atomic E-state index is 13.3. The second-order valence-corrected chi connectivity index (χ2v) is 6.01. The number of rotatable bonds is 4. The monoisotopic (exact) mass is 358 g/mol. The lowest BCUT2D eigenvalue weighted by molar-refractivity contribution is 0.355. The van der Waals surface area contributed by atoms with Gasteiger partial charge in [-0.05, 0) is 29.8 Å². The quantitative estimate of drug-likeness (QED) is 0.552. The Bertz CT molecular complexity index is 1170. The molecule has 0 radical (unpaired) electrons. The first kappa shape index (κ1) is 16.8. The maximum Gasteiger partial charge on any atom is 0.266 e. The van der Waals surface area contributed by atoms with Crippen molar-refractivity contribution < 1.29 is 9.47 Å². The van der Waals surface area contributed by atoms with Crippen LogP contribution in [-0.4, -0.2) is 23.6 Å². The lowest BCUT2D eigenvalue weighted by atomic mass is 10.00. The minimum Gasteiger partial charge on any atom is -0.493 e. The first-order valence-corrected chi connectivity index (χ1v) is 8.52. The molecule has 5 heteroatoms.